The van der Waals surface area contributed by atoms with Crippen molar-refractivity contribution in [2.24, 2.45) is 0 Å². The molecule has 0 spiro atoms. The molecule has 0 aliphatic rings. The molecular weight excluding hydrogens is 272 g/mol. The lowest BCUT2D eigenvalue weighted by Crippen LogP contribution is -2.12. The first-order valence-corrected chi connectivity index (χ1v) is 7.16. The lowest BCUT2D eigenvalue weighted by atomic mass is 10.1. The van der Waals surface area contributed by atoms with Crippen molar-refractivity contribution in [1.29, 1.82) is 0 Å². The van der Waals surface area contributed by atoms with Crippen LogP contribution >= 0.6 is 0 Å². The van der Waals surface area contributed by atoms with Crippen LogP contribution in [0.2, 0.25) is 0 Å². The Bertz CT molecular complexity index is 814. The van der Waals surface area contributed by atoms with Gasteiger partial charge in [0.1, 0.15) is 5.75 Å². The predicted molar refractivity (Wildman–Crippen MR) is 88.9 cm³/mol. The van der Waals surface area contributed by atoms with E-state index in [0.717, 1.165) is 16.3 Å². The molecule has 108 valence electrons. The Balaban J connectivity index is 1.77. The summed E-state index contributed by atoms with van der Waals surface area (Å²) >= 11 is 0. The van der Waals surface area contributed by atoms with Gasteiger partial charge in [0.25, 0.3) is 0 Å². The van der Waals surface area contributed by atoms with E-state index >= 15 is 0 Å². The van der Waals surface area contributed by atoms with Crippen molar-refractivity contribution in [2.45, 2.75) is 6.42 Å². The summed E-state index contributed by atoms with van der Waals surface area (Å²) < 4.78 is 5.52. The van der Waals surface area contributed by atoms with E-state index in [0.29, 0.717) is 17.7 Å². The number of rotatable bonds is 4. The lowest BCUT2D eigenvalue weighted by Gasteiger charge is -2.09. The first kappa shape index (κ1) is 14.1. The van der Waals surface area contributed by atoms with E-state index in [1.807, 2.05) is 66.7 Å². The van der Waals surface area contributed by atoms with Crippen LogP contribution in [0, 0.1) is 0 Å². The van der Waals surface area contributed by atoms with Gasteiger partial charge in [0.05, 0.1) is 0 Å². The molecule has 2 nitrogen and oxygen atoms in total. The summed E-state index contributed by atoms with van der Waals surface area (Å²) in [6.07, 6.45) is 0.491. The number of benzene rings is 3. The molecule has 0 amide bonds. The van der Waals surface area contributed by atoms with Gasteiger partial charge < -0.3 is 4.74 Å². The molecule has 0 saturated heterocycles. The van der Waals surface area contributed by atoms with Crippen LogP contribution in [0.25, 0.3) is 10.8 Å². The molecule has 3 aromatic rings. The molecule has 2 heteroatoms. The number of hydrogen-bond donors (Lipinski definition) is 0. The number of carbonyl (C=O) groups is 1. The molecule has 22 heavy (non-hydrogen) atoms. The Hall–Kier alpha value is -2.87. The number of hydrogen-bond acceptors (Lipinski definition) is 2. The number of fused-ring (bicyclic) bond motifs is 1. The van der Waals surface area contributed by atoms with Crippen LogP contribution < -0.4 is 4.74 Å². The molecule has 0 aromatic heterocycles. The van der Waals surface area contributed by atoms with Crippen molar-refractivity contribution >= 4 is 16.7 Å². The second-order valence-corrected chi connectivity index (χ2v) is 5.13. The van der Waals surface area contributed by atoms with Crippen LogP contribution in [-0.2, 0) is 11.2 Å². The maximum atomic E-state index is 12.2. The minimum Gasteiger partial charge on any atom is -0.423 e. The molecule has 0 bridgehead atoms. The summed E-state index contributed by atoms with van der Waals surface area (Å²) in [5, 5.41) is 1.97. The highest BCUT2D eigenvalue weighted by atomic mass is 16.5. The predicted octanol–water partition coefficient (Wildman–Crippen LogP) is 4.54. The van der Waals surface area contributed by atoms with E-state index in [-0.39, 0.29) is 5.97 Å². The molecule has 0 heterocycles. The molecule has 0 atom stereocenters. The van der Waals surface area contributed by atoms with Crippen molar-refractivity contribution < 1.29 is 9.53 Å². The Morgan fingerprint density at radius 2 is 1.55 bits per heavy atom. The molecule has 0 saturated carbocycles. The monoisotopic (exact) mass is 288 g/mol. The summed E-state index contributed by atoms with van der Waals surface area (Å²) in [5.74, 6) is 0.178. The Morgan fingerprint density at radius 1 is 0.864 bits per heavy atom. The smallest absolute Gasteiger partial charge is 0.339 e. The molecule has 0 fully saturated rings. The van der Waals surface area contributed by atoms with Crippen LogP contribution in [0.4, 0.5) is 0 Å². The first-order chi connectivity index (χ1) is 10.7. The van der Waals surface area contributed by atoms with Crippen LogP contribution in [0.3, 0.4) is 0 Å². The zero-order valence-electron chi connectivity index (χ0n) is 12.2. The number of carbonyl (C=O) groups excluding carboxylic acids is 1. The van der Waals surface area contributed by atoms with Gasteiger partial charge in [0.15, 0.2) is 0 Å². The quantitative estimate of drug-likeness (QED) is 0.400. The minimum atomic E-state index is -0.389. The Kier molecular flexibility index (Phi) is 4.01. The third-order valence-corrected chi connectivity index (χ3v) is 3.50. The third-order valence-electron chi connectivity index (χ3n) is 3.50. The molecule has 0 aliphatic heterocycles. The van der Waals surface area contributed by atoms with Crippen molar-refractivity contribution in [3.8, 4) is 5.75 Å². The highest BCUT2D eigenvalue weighted by Gasteiger charge is 2.12. The fourth-order valence-corrected chi connectivity index (χ4v) is 2.37. The van der Waals surface area contributed by atoms with E-state index in [1.165, 1.54) is 0 Å². The van der Waals surface area contributed by atoms with Crippen LogP contribution in [0.15, 0.2) is 84.9 Å². The van der Waals surface area contributed by atoms with Gasteiger partial charge in [0, 0.05) is 17.4 Å². The van der Waals surface area contributed by atoms with Gasteiger partial charge in [-0.2, -0.15) is 0 Å². The maximum Gasteiger partial charge on any atom is 0.339 e. The van der Waals surface area contributed by atoms with E-state index < -0.39 is 0 Å². The van der Waals surface area contributed by atoms with Gasteiger partial charge in [-0.3, -0.25) is 0 Å². The van der Waals surface area contributed by atoms with Crippen molar-refractivity contribution in [2.75, 3.05) is 0 Å². The summed E-state index contributed by atoms with van der Waals surface area (Å²) in [7, 11) is 0. The lowest BCUT2D eigenvalue weighted by molar-refractivity contribution is -0.130. The van der Waals surface area contributed by atoms with Gasteiger partial charge >= 0.3 is 5.97 Å². The van der Waals surface area contributed by atoms with Gasteiger partial charge in [-0.25, -0.2) is 4.79 Å². The Morgan fingerprint density at radius 3 is 2.36 bits per heavy atom. The number of ether oxygens (including phenoxy) is 1. The molecule has 0 N–H and O–H groups in total. The standard InChI is InChI=1S/C20H16O2/c1-15(14-16-8-3-2-4-9-16)20(21)22-19-13-7-11-17-10-5-6-12-18(17)19/h2-13H,1,14H2. The zero-order chi connectivity index (χ0) is 15.4. The minimum absolute atomic E-state index is 0.389. The molecular formula is C20H16O2. The van der Waals surface area contributed by atoms with E-state index in [2.05, 4.69) is 6.58 Å². The van der Waals surface area contributed by atoms with Crippen molar-refractivity contribution in [3.05, 3.63) is 90.5 Å². The first-order valence-electron chi connectivity index (χ1n) is 7.16. The molecule has 3 rings (SSSR count). The fraction of sp³-hybridized carbons (Fsp3) is 0.0500. The van der Waals surface area contributed by atoms with Crippen LogP contribution in [0.1, 0.15) is 5.56 Å². The SMILES string of the molecule is C=C(Cc1ccccc1)C(=O)Oc1cccc2ccccc12. The second-order valence-electron chi connectivity index (χ2n) is 5.13. The summed E-state index contributed by atoms with van der Waals surface area (Å²) in [6.45, 7) is 3.85. The average Bonchev–Trinajstić information content (AvgIpc) is 2.56. The maximum absolute atomic E-state index is 12.2. The Labute approximate surface area is 129 Å². The largest absolute Gasteiger partial charge is 0.423 e. The third kappa shape index (κ3) is 3.07. The highest BCUT2D eigenvalue weighted by molar-refractivity contribution is 5.94. The second kappa shape index (κ2) is 6.27. The zero-order valence-corrected chi connectivity index (χ0v) is 12.2. The topological polar surface area (TPSA) is 26.3 Å². The molecule has 0 unspecified atom stereocenters. The van der Waals surface area contributed by atoms with Gasteiger partial charge in [-0.05, 0) is 17.0 Å². The molecule has 0 aliphatic carbocycles. The average molecular weight is 288 g/mol. The molecule has 0 radical (unpaired) electrons. The van der Waals surface area contributed by atoms with Gasteiger partial charge in [-0.15, -0.1) is 0 Å². The fourth-order valence-electron chi connectivity index (χ4n) is 2.37. The van der Waals surface area contributed by atoms with E-state index in [4.69, 9.17) is 4.74 Å². The van der Waals surface area contributed by atoms with Crippen LogP contribution in [0.5, 0.6) is 5.75 Å². The van der Waals surface area contributed by atoms with E-state index in [1.54, 1.807) is 6.07 Å². The summed E-state index contributed by atoms with van der Waals surface area (Å²) in [4.78, 5) is 12.2. The van der Waals surface area contributed by atoms with Gasteiger partial charge in [-0.1, -0.05) is 73.3 Å². The van der Waals surface area contributed by atoms with E-state index in [9.17, 15) is 4.79 Å². The summed E-state index contributed by atoms with van der Waals surface area (Å²) in [5.41, 5.74) is 1.49. The summed E-state index contributed by atoms with van der Waals surface area (Å²) in [6, 6.07) is 23.3. The van der Waals surface area contributed by atoms with Crippen molar-refractivity contribution in [1.82, 2.24) is 0 Å². The highest BCUT2D eigenvalue weighted by Crippen LogP contribution is 2.26. The van der Waals surface area contributed by atoms with Gasteiger partial charge in [0.2, 0.25) is 0 Å². The normalized spacial score (nSPS) is 10.4. The number of esters is 1. The molecule has 3 aromatic carbocycles. The van der Waals surface area contributed by atoms with Crippen LogP contribution in [-0.4, -0.2) is 5.97 Å². The van der Waals surface area contributed by atoms with Crippen molar-refractivity contribution in [3.63, 3.8) is 0 Å².